The van der Waals surface area contributed by atoms with Crippen LogP contribution in [0.5, 0.6) is 5.75 Å². The summed E-state index contributed by atoms with van der Waals surface area (Å²) in [6, 6.07) is 4.52. The quantitative estimate of drug-likeness (QED) is 0.404. The van der Waals surface area contributed by atoms with Crippen LogP contribution in [0.25, 0.3) is 0 Å². The lowest BCUT2D eigenvalue weighted by Crippen LogP contribution is -2.57. The van der Waals surface area contributed by atoms with E-state index in [4.69, 9.17) is 4.74 Å². The number of pyridine rings is 1. The van der Waals surface area contributed by atoms with Crippen LogP contribution in [0, 0.1) is 10.1 Å². The van der Waals surface area contributed by atoms with Crippen molar-refractivity contribution in [2.75, 3.05) is 11.4 Å². The van der Waals surface area contributed by atoms with Crippen LogP contribution in [-0.2, 0) is 6.18 Å². The highest BCUT2D eigenvalue weighted by atomic mass is 19.4. The maximum Gasteiger partial charge on any atom is 0.429 e. The van der Waals surface area contributed by atoms with E-state index < -0.39 is 40.7 Å². The molecule has 1 aliphatic heterocycles. The van der Waals surface area contributed by atoms with Gasteiger partial charge in [0.1, 0.15) is 11.6 Å². The molecule has 6 nitrogen and oxygen atoms in total. The van der Waals surface area contributed by atoms with Crippen molar-refractivity contribution in [2.45, 2.75) is 24.9 Å². The molecule has 0 aliphatic carbocycles. The number of non-ortho nitro benzene ring substituents is 1. The average molecular weight is 407 g/mol. The first-order valence-corrected chi connectivity index (χ1v) is 7.67. The van der Waals surface area contributed by atoms with Gasteiger partial charge in [-0.1, -0.05) is 0 Å². The Balaban J connectivity index is 2.12. The summed E-state index contributed by atoms with van der Waals surface area (Å²) in [7, 11) is 0. The van der Waals surface area contributed by atoms with E-state index in [0.29, 0.717) is 12.3 Å². The molecule has 1 aromatic carbocycles. The number of alkyl halides is 6. The fourth-order valence-corrected chi connectivity index (χ4v) is 2.64. The minimum atomic E-state index is -4.82. The summed E-state index contributed by atoms with van der Waals surface area (Å²) in [5, 5.41) is 11.0. The van der Waals surface area contributed by atoms with E-state index in [1.807, 2.05) is 0 Å². The number of hydrogen-bond donors (Lipinski definition) is 0. The van der Waals surface area contributed by atoms with Crippen LogP contribution in [0.15, 0.2) is 36.5 Å². The van der Waals surface area contributed by atoms with Crippen LogP contribution >= 0.6 is 0 Å². The molecule has 0 N–H and O–H groups in total. The van der Waals surface area contributed by atoms with Gasteiger partial charge in [0, 0.05) is 18.3 Å². The van der Waals surface area contributed by atoms with Gasteiger partial charge in [0.2, 0.25) is 5.60 Å². The monoisotopic (exact) mass is 407 g/mol. The first kappa shape index (κ1) is 19.7. The Kier molecular flexibility index (Phi) is 4.39. The summed E-state index contributed by atoms with van der Waals surface area (Å²) in [5.41, 5.74) is -4.32. The molecule has 1 aromatic heterocycles. The Bertz CT molecular complexity index is 913. The van der Waals surface area contributed by atoms with Crippen molar-refractivity contribution in [3.05, 3.63) is 52.2 Å². The molecule has 0 amide bonds. The van der Waals surface area contributed by atoms with Gasteiger partial charge < -0.3 is 9.64 Å². The number of halogens is 6. The minimum absolute atomic E-state index is 0.108. The number of nitro groups is 1. The van der Waals surface area contributed by atoms with Crippen LogP contribution in [-0.4, -0.2) is 28.2 Å². The Morgan fingerprint density at radius 1 is 1.18 bits per heavy atom. The second-order valence-corrected chi connectivity index (χ2v) is 6.23. The normalized spacial score (nSPS) is 19.8. The van der Waals surface area contributed by atoms with Crippen molar-refractivity contribution < 1.29 is 36.0 Å². The lowest BCUT2D eigenvalue weighted by atomic mass is 10.0. The third-order valence-corrected chi connectivity index (χ3v) is 4.19. The van der Waals surface area contributed by atoms with Gasteiger partial charge >= 0.3 is 12.4 Å². The fraction of sp³-hybridized carbons (Fsp3) is 0.312. The van der Waals surface area contributed by atoms with Gasteiger partial charge in [0.05, 0.1) is 22.7 Å². The molecule has 3 rings (SSSR count). The number of anilines is 2. The van der Waals surface area contributed by atoms with E-state index >= 15 is 0 Å². The molecular formula is C16H11F6N3O3. The Labute approximate surface area is 153 Å². The summed E-state index contributed by atoms with van der Waals surface area (Å²) in [6.07, 6.45) is -9.02. The summed E-state index contributed by atoms with van der Waals surface area (Å²) in [4.78, 5) is 14.8. The SMILES string of the molecule is CC1(C(F)(F)F)CN(c2ccc(C(F)(F)F)cn2)c2cc([N+](=O)[O-])ccc2O1. The minimum Gasteiger partial charge on any atom is -0.474 e. The first-order chi connectivity index (χ1) is 12.8. The van der Waals surface area contributed by atoms with E-state index in [9.17, 15) is 36.5 Å². The van der Waals surface area contributed by atoms with Crippen molar-refractivity contribution in [3.63, 3.8) is 0 Å². The molecule has 0 saturated carbocycles. The van der Waals surface area contributed by atoms with Crippen LogP contribution < -0.4 is 9.64 Å². The van der Waals surface area contributed by atoms with E-state index in [-0.39, 0.29) is 17.3 Å². The lowest BCUT2D eigenvalue weighted by Gasteiger charge is -2.42. The summed E-state index contributed by atoms with van der Waals surface area (Å²) >= 11 is 0. The van der Waals surface area contributed by atoms with Gasteiger partial charge in [-0.2, -0.15) is 26.3 Å². The Morgan fingerprint density at radius 3 is 2.36 bits per heavy atom. The number of fused-ring (bicyclic) bond motifs is 1. The lowest BCUT2D eigenvalue weighted by molar-refractivity contribution is -0.384. The van der Waals surface area contributed by atoms with Crippen molar-refractivity contribution in [1.82, 2.24) is 4.98 Å². The molecule has 0 saturated heterocycles. The van der Waals surface area contributed by atoms with E-state index in [0.717, 1.165) is 36.1 Å². The number of rotatable bonds is 2. The molecule has 0 radical (unpaired) electrons. The molecule has 0 fully saturated rings. The molecule has 150 valence electrons. The van der Waals surface area contributed by atoms with Crippen molar-refractivity contribution in [2.24, 2.45) is 0 Å². The smallest absolute Gasteiger partial charge is 0.429 e. The molecule has 0 bridgehead atoms. The fourth-order valence-electron chi connectivity index (χ4n) is 2.64. The summed E-state index contributed by atoms with van der Waals surface area (Å²) in [6.45, 7) is -0.0858. The second kappa shape index (κ2) is 6.24. The highest BCUT2D eigenvalue weighted by Gasteiger charge is 2.57. The summed E-state index contributed by atoms with van der Waals surface area (Å²) < 4.78 is 83.7. The van der Waals surface area contributed by atoms with E-state index in [1.165, 1.54) is 0 Å². The molecule has 28 heavy (non-hydrogen) atoms. The van der Waals surface area contributed by atoms with Crippen LogP contribution in [0.3, 0.4) is 0 Å². The number of benzene rings is 1. The Morgan fingerprint density at radius 2 is 1.86 bits per heavy atom. The van der Waals surface area contributed by atoms with E-state index in [1.54, 1.807) is 0 Å². The predicted octanol–water partition coefficient (Wildman–Crippen LogP) is 4.86. The van der Waals surface area contributed by atoms with Crippen molar-refractivity contribution in [3.8, 4) is 5.75 Å². The van der Waals surface area contributed by atoms with Gasteiger partial charge in [0.15, 0.2) is 0 Å². The zero-order valence-corrected chi connectivity index (χ0v) is 14.0. The van der Waals surface area contributed by atoms with Crippen LogP contribution in [0.4, 0.5) is 43.5 Å². The number of ether oxygens (including phenoxy) is 1. The third kappa shape index (κ3) is 3.41. The molecule has 12 heteroatoms. The number of nitro benzene ring substituents is 1. The van der Waals surface area contributed by atoms with Gasteiger partial charge in [-0.25, -0.2) is 4.98 Å². The van der Waals surface area contributed by atoms with Gasteiger partial charge in [-0.3, -0.25) is 10.1 Å². The first-order valence-electron chi connectivity index (χ1n) is 7.67. The molecule has 1 aliphatic rings. The molecule has 2 heterocycles. The standard InChI is InChI=1S/C16H11F6N3O3/c1-14(16(20,21)22)8-24(13-5-2-9(7-23-13)15(17,18)19)11-6-10(25(26)27)3-4-12(11)28-14/h2-7H,8H2,1H3. The molecule has 1 atom stereocenters. The van der Waals surface area contributed by atoms with Gasteiger partial charge in [0.25, 0.3) is 5.69 Å². The second-order valence-electron chi connectivity index (χ2n) is 6.23. The van der Waals surface area contributed by atoms with Gasteiger partial charge in [-0.05, 0) is 25.1 Å². The maximum absolute atomic E-state index is 13.5. The zero-order chi connectivity index (χ0) is 20.9. The molecule has 0 spiro atoms. The molecular weight excluding hydrogens is 396 g/mol. The van der Waals surface area contributed by atoms with Crippen molar-refractivity contribution >= 4 is 17.2 Å². The van der Waals surface area contributed by atoms with Gasteiger partial charge in [-0.15, -0.1) is 0 Å². The highest BCUT2D eigenvalue weighted by Crippen LogP contribution is 2.47. The number of aromatic nitrogens is 1. The Hall–Kier alpha value is -3.05. The third-order valence-electron chi connectivity index (χ3n) is 4.19. The summed E-state index contributed by atoms with van der Waals surface area (Å²) in [5.74, 6) is -0.549. The topological polar surface area (TPSA) is 68.5 Å². The van der Waals surface area contributed by atoms with Crippen LogP contribution in [0.1, 0.15) is 12.5 Å². The molecule has 2 aromatic rings. The predicted molar refractivity (Wildman–Crippen MR) is 84.4 cm³/mol. The molecule has 1 unspecified atom stereocenters. The van der Waals surface area contributed by atoms with E-state index in [2.05, 4.69) is 4.98 Å². The average Bonchev–Trinajstić information content (AvgIpc) is 2.59. The zero-order valence-electron chi connectivity index (χ0n) is 14.0. The van der Waals surface area contributed by atoms with Crippen LogP contribution in [0.2, 0.25) is 0 Å². The number of hydrogen-bond acceptors (Lipinski definition) is 5. The highest BCUT2D eigenvalue weighted by molar-refractivity contribution is 5.72. The maximum atomic E-state index is 13.5. The number of nitrogens with zero attached hydrogens (tertiary/aromatic N) is 3. The van der Waals surface area contributed by atoms with Crippen molar-refractivity contribution in [1.29, 1.82) is 0 Å². The largest absolute Gasteiger partial charge is 0.474 e.